The lowest BCUT2D eigenvalue weighted by Crippen LogP contribution is -2.53. The highest BCUT2D eigenvalue weighted by molar-refractivity contribution is 4.94. The smallest absolute Gasteiger partial charge is 0.0851 e. The molecule has 3 nitrogen and oxygen atoms in total. The summed E-state index contributed by atoms with van der Waals surface area (Å²) in [5.41, 5.74) is 5.96. The van der Waals surface area contributed by atoms with E-state index in [1.807, 2.05) is 0 Å². The fourth-order valence-electron chi connectivity index (χ4n) is 2.31. The van der Waals surface area contributed by atoms with Crippen LogP contribution in [0.2, 0.25) is 0 Å². The van der Waals surface area contributed by atoms with Gasteiger partial charge in [0.25, 0.3) is 0 Å². The van der Waals surface area contributed by atoms with E-state index < -0.39 is 0 Å². The summed E-state index contributed by atoms with van der Waals surface area (Å²) in [5, 5.41) is 0. The standard InChI is InChI=1S/C11H23NO2/c1-9-4-6-11(14-3,7-5-9)10(12)8-13-2/h9-10H,4-8,12H2,1-3H3. The van der Waals surface area contributed by atoms with Crippen LogP contribution in [0.4, 0.5) is 0 Å². The summed E-state index contributed by atoms with van der Waals surface area (Å²) in [6.07, 6.45) is 4.56. The van der Waals surface area contributed by atoms with Crippen LogP contribution in [0.1, 0.15) is 32.6 Å². The summed E-state index contributed by atoms with van der Waals surface area (Å²) >= 11 is 0. The fraction of sp³-hybridized carbons (Fsp3) is 1.00. The predicted molar refractivity (Wildman–Crippen MR) is 57.2 cm³/mol. The second-order valence-corrected chi connectivity index (χ2v) is 4.51. The maximum atomic E-state index is 6.10. The van der Waals surface area contributed by atoms with Gasteiger partial charge in [0.1, 0.15) is 0 Å². The van der Waals surface area contributed by atoms with E-state index in [2.05, 4.69) is 6.92 Å². The molecule has 0 spiro atoms. The van der Waals surface area contributed by atoms with E-state index in [1.54, 1.807) is 14.2 Å². The molecule has 1 fully saturated rings. The van der Waals surface area contributed by atoms with E-state index in [4.69, 9.17) is 15.2 Å². The van der Waals surface area contributed by atoms with Gasteiger partial charge in [-0.15, -0.1) is 0 Å². The van der Waals surface area contributed by atoms with Crippen molar-refractivity contribution in [1.82, 2.24) is 0 Å². The lowest BCUT2D eigenvalue weighted by atomic mass is 9.75. The molecule has 1 atom stereocenters. The Labute approximate surface area is 86.9 Å². The molecule has 0 radical (unpaired) electrons. The van der Waals surface area contributed by atoms with E-state index in [1.165, 1.54) is 12.8 Å². The quantitative estimate of drug-likeness (QED) is 0.750. The Kier molecular flexibility index (Phi) is 4.35. The van der Waals surface area contributed by atoms with Crippen molar-refractivity contribution < 1.29 is 9.47 Å². The highest BCUT2D eigenvalue weighted by atomic mass is 16.5. The van der Waals surface area contributed by atoms with Crippen LogP contribution in [0, 0.1) is 5.92 Å². The molecule has 0 aromatic rings. The van der Waals surface area contributed by atoms with Crippen molar-refractivity contribution >= 4 is 0 Å². The predicted octanol–water partition coefficient (Wildman–Crippen LogP) is 1.56. The Morgan fingerprint density at radius 2 is 1.93 bits per heavy atom. The van der Waals surface area contributed by atoms with E-state index >= 15 is 0 Å². The molecule has 3 heteroatoms. The van der Waals surface area contributed by atoms with Crippen LogP contribution in [0.5, 0.6) is 0 Å². The van der Waals surface area contributed by atoms with Gasteiger partial charge in [-0.05, 0) is 31.6 Å². The van der Waals surface area contributed by atoms with E-state index in [9.17, 15) is 0 Å². The molecule has 0 heterocycles. The highest BCUT2D eigenvalue weighted by Gasteiger charge is 2.39. The average molecular weight is 201 g/mol. The van der Waals surface area contributed by atoms with Gasteiger partial charge in [0.15, 0.2) is 0 Å². The van der Waals surface area contributed by atoms with Crippen molar-refractivity contribution in [3.8, 4) is 0 Å². The largest absolute Gasteiger partial charge is 0.383 e. The monoisotopic (exact) mass is 201 g/mol. The summed E-state index contributed by atoms with van der Waals surface area (Å²) in [6, 6.07) is 0.00463. The zero-order valence-electron chi connectivity index (χ0n) is 9.58. The third-order valence-electron chi connectivity index (χ3n) is 3.55. The van der Waals surface area contributed by atoms with E-state index in [-0.39, 0.29) is 11.6 Å². The zero-order valence-corrected chi connectivity index (χ0v) is 9.58. The zero-order chi connectivity index (χ0) is 10.6. The molecule has 1 aliphatic carbocycles. The topological polar surface area (TPSA) is 44.5 Å². The summed E-state index contributed by atoms with van der Waals surface area (Å²) in [7, 11) is 3.46. The Morgan fingerprint density at radius 3 is 2.36 bits per heavy atom. The van der Waals surface area contributed by atoms with Gasteiger partial charge in [-0.2, -0.15) is 0 Å². The van der Waals surface area contributed by atoms with Gasteiger partial charge in [0.05, 0.1) is 18.2 Å². The second kappa shape index (κ2) is 5.10. The minimum absolute atomic E-state index is 0.00463. The number of hydrogen-bond acceptors (Lipinski definition) is 3. The normalized spacial score (nSPS) is 35.6. The number of methoxy groups -OCH3 is 2. The van der Waals surface area contributed by atoms with Crippen molar-refractivity contribution in [2.24, 2.45) is 11.7 Å². The molecule has 0 amide bonds. The van der Waals surface area contributed by atoms with E-state index in [0.29, 0.717) is 6.61 Å². The number of rotatable bonds is 4. The summed E-state index contributed by atoms with van der Waals surface area (Å²) in [5.74, 6) is 0.813. The molecular formula is C11H23NO2. The van der Waals surface area contributed by atoms with Crippen LogP contribution in [0.3, 0.4) is 0 Å². The van der Waals surface area contributed by atoms with Crippen molar-refractivity contribution in [2.75, 3.05) is 20.8 Å². The maximum Gasteiger partial charge on any atom is 0.0851 e. The molecule has 1 aliphatic rings. The first kappa shape index (κ1) is 12.0. The average Bonchev–Trinajstić information content (AvgIpc) is 2.20. The minimum Gasteiger partial charge on any atom is -0.383 e. The van der Waals surface area contributed by atoms with Crippen LogP contribution in [-0.2, 0) is 9.47 Å². The molecule has 0 aromatic carbocycles. The Bertz CT molecular complexity index is 165. The van der Waals surface area contributed by atoms with Gasteiger partial charge in [-0.1, -0.05) is 6.92 Å². The van der Waals surface area contributed by atoms with Gasteiger partial charge >= 0.3 is 0 Å². The molecule has 84 valence electrons. The van der Waals surface area contributed by atoms with Crippen molar-refractivity contribution in [1.29, 1.82) is 0 Å². The minimum atomic E-state index is -0.136. The molecule has 1 rings (SSSR count). The lowest BCUT2D eigenvalue weighted by molar-refractivity contribution is -0.0793. The molecule has 1 saturated carbocycles. The van der Waals surface area contributed by atoms with Gasteiger partial charge in [-0.3, -0.25) is 0 Å². The van der Waals surface area contributed by atoms with Crippen LogP contribution in [0.25, 0.3) is 0 Å². The highest BCUT2D eigenvalue weighted by Crippen LogP contribution is 2.36. The molecule has 0 aromatic heterocycles. The molecule has 2 N–H and O–H groups in total. The fourth-order valence-corrected chi connectivity index (χ4v) is 2.31. The number of hydrogen-bond donors (Lipinski definition) is 1. The van der Waals surface area contributed by atoms with Gasteiger partial charge in [-0.25, -0.2) is 0 Å². The van der Waals surface area contributed by atoms with Gasteiger partial charge in [0.2, 0.25) is 0 Å². The van der Waals surface area contributed by atoms with Crippen molar-refractivity contribution in [2.45, 2.75) is 44.2 Å². The van der Waals surface area contributed by atoms with Gasteiger partial charge < -0.3 is 15.2 Å². The van der Waals surface area contributed by atoms with Crippen LogP contribution >= 0.6 is 0 Å². The SMILES string of the molecule is COCC(N)C1(OC)CCC(C)CC1. The third kappa shape index (κ3) is 2.47. The summed E-state index contributed by atoms with van der Waals surface area (Å²) < 4.78 is 10.7. The number of nitrogens with two attached hydrogens (primary N) is 1. The second-order valence-electron chi connectivity index (χ2n) is 4.51. The van der Waals surface area contributed by atoms with Crippen LogP contribution in [-0.4, -0.2) is 32.5 Å². The summed E-state index contributed by atoms with van der Waals surface area (Å²) in [6.45, 7) is 2.88. The Hall–Kier alpha value is -0.120. The number of ether oxygens (including phenoxy) is 2. The van der Waals surface area contributed by atoms with Crippen LogP contribution < -0.4 is 5.73 Å². The maximum absolute atomic E-state index is 6.10. The molecular weight excluding hydrogens is 178 g/mol. The third-order valence-corrected chi connectivity index (χ3v) is 3.55. The first-order valence-corrected chi connectivity index (χ1v) is 5.44. The molecule has 0 bridgehead atoms. The Morgan fingerprint density at radius 1 is 1.36 bits per heavy atom. The molecule has 14 heavy (non-hydrogen) atoms. The first-order chi connectivity index (χ1) is 6.64. The van der Waals surface area contributed by atoms with Crippen molar-refractivity contribution in [3.63, 3.8) is 0 Å². The molecule has 1 unspecified atom stereocenters. The first-order valence-electron chi connectivity index (χ1n) is 5.44. The van der Waals surface area contributed by atoms with E-state index in [0.717, 1.165) is 18.8 Å². The van der Waals surface area contributed by atoms with Crippen LogP contribution in [0.15, 0.2) is 0 Å². The Balaban J connectivity index is 2.57. The summed E-state index contributed by atoms with van der Waals surface area (Å²) in [4.78, 5) is 0. The van der Waals surface area contributed by atoms with Crippen molar-refractivity contribution in [3.05, 3.63) is 0 Å². The lowest BCUT2D eigenvalue weighted by Gasteiger charge is -2.42. The molecule has 0 aliphatic heterocycles. The van der Waals surface area contributed by atoms with Gasteiger partial charge in [0, 0.05) is 14.2 Å². The molecule has 0 saturated heterocycles.